The summed E-state index contributed by atoms with van der Waals surface area (Å²) in [5.41, 5.74) is 1.46. The molecule has 1 amide bonds. The third-order valence-corrected chi connectivity index (χ3v) is 4.42. The fourth-order valence-electron chi connectivity index (χ4n) is 3.24. The minimum atomic E-state index is 0.134. The number of rotatable bonds is 4. The molecule has 4 heteroatoms. The molecule has 0 radical (unpaired) electrons. The van der Waals surface area contributed by atoms with Gasteiger partial charge in [0.25, 0.3) is 0 Å². The highest BCUT2D eigenvalue weighted by molar-refractivity contribution is 6.08. The number of fused-ring (bicyclic) bond motifs is 1. The topological polar surface area (TPSA) is 46.6 Å². The van der Waals surface area contributed by atoms with Crippen LogP contribution in [0.2, 0.25) is 0 Å². The van der Waals surface area contributed by atoms with Crippen LogP contribution in [-0.2, 0) is 9.53 Å². The Labute approximate surface area is 125 Å². The second kappa shape index (κ2) is 5.98. The fraction of sp³-hybridized carbons (Fsp3) is 0.529. The molecule has 21 heavy (non-hydrogen) atoms. The van der Waals surface area contributed by atoms with Crippen LogP contribution in [0.5, 0.6) is 0 Å². The van der Waals surface area contributed by atoms with Gasteiger partial charge in [-0.2, -0.15) is 0 Å². The van der Waals surface area contributed by atoms with E-state index < -0.39 is 0 Å². The smallest absolute Gasteiger partial charge is 0.227 e. The summed E-state index contributed by atoms with van der Waals surface area (Å²) >= 11 is 0. The summed E-state index contributed by atoms with van der Waals surface area (Å²) < 4.78 is 5.54. The van der Waals surface area contributed by atoms with Crippen molar-refractivity contribution in [2.75, 3.05) is 18.1 Å². The highest BCUT2D eigenvalue weighted by atomic mass is 16.5. The van der Waals surface area contributed by atoms with Crippen LogP contribution in [0.1, 0.15) is 43.0 Å². The number of benzene rings is 1. The molecular formula is C17H21NO3. The lowest BCUT2D eigenvalue weighted by Crippen LogP contribution is -2.41. The average Bonchev–Trinajstić information content (AvgIpc) is 2.45. The maximum absolute atomic E-state index is 12.5. The molecule has 1 aromatic rings. The van der Waals surface area contributed by atoms with Crippen LogP contribution in [0.3, 0.4) is 0 Å². The molecule has 4 nitrogen and oxygen atoms in total. The quantitative estimate of drug-likeness (QED) is 0.855. The van der Waals surface area contributed by atoms with Crippen molar-refractivity contribution in [2.45, 2.75) is 38.7 Å². The Bertz CT molecular complexity index is 549. The van der Waals surface area contributed by atoms with E-state index in [2.05, 4.69) is 0 Å². The number of carbonyl (C=O) groups excluding carboxylic acids is 2. The first-order valence-corrected chi connectivity index (χ1v) is 7.73. The number of Topliss-reactive ketones (excluding diaryl/α,β-unsaturated/α-hetero) is 1. The molecule has 0 saturated heterocycles. The molecule has 112 valence electrons. The first-order valence-electron chi connectivity index (χ1n) is 7.73. The monoisotopic (exact) mass is 287 g/mol. The summed E-state index contributed by atoms with van der Waals surface area (Å²) in [5, 5.41) is 0. The molecule has 2 aliphatic rings. The number of nitrogens with zero attached hydrogens (tertiary/aromatic N) is 1. The zero-order valence-electron chi connectivity index (χ0n) is 12.4. The zero-order valence-corrected chi connectivity index (χ0v) is 12.4. The number of ketones is 1. The third-order valence-electron chi connectivity index (χ3n) is 4.42. The summed E-state index contributed by atoms with van der Waals surface area (Å²) in [5.74, 6) is 0.698. The second-order valence-corrected chi connectivity index (χ2v) is 5.85. The lowest BCUT2D eigenvalue weighted by atomic mass is 9.79. The van der Waals surface area contributed by atoms with Gasteiger partial charge in [-0.25, -0.2) is 0 Å². The molecule has 1 aliphatic heterocycles. The van der Waals surface area contributed by atoms with Gasteiger partial charge < -0.3 is 9.64 Å². The van der Waals surface area contributed by atoms with Crippen LogP contribution in [-0.4, -0.2) is 30.9 Å². The molecule has 0 spiro atoms. The number of amides is 1. The van der Waals surface area contributed by atoms with Gasteiger partial charge in [0.15, 0.2) is 5.78 Å². The molecule has 0 aromatic heterocycles. The largest absolute Gasteiger partial charge is 0.378 e. The van der Waals surface area contributed by atoms with Gasteiger partial charge in [0.05, 0.1) is 11.8 Å². The predicted molar refractivity (Wildman–Crippen MR) is 80.5 cm³/mol. The highest BCUT2D eigenvalue weighted by Crippen LogP contribution is 2.35. The minimum absolute atomic E-state index is 0.134. The van der Waals surface area contributed by atoms with Gasteiger partial charge in [0.1, 0.15) is 0 Å². The Hall–Kier alpha value is -1.68. The minimum Gasteiger partial charge on any atom is -0.378 e. The Morgan fingerprint density at radius 3 is 2.86 bits per heavy atom. The maximum Gasteiger partial charge on any atom is 0.227 e. The standard InChI is InChI=1S/C17H21NO3/c1-2-21-13-9-12(10-13)11-17(20)18-8-7-16(19)14-5-3-4-6-15(14)18/h3-6,12-13H,2,7-11H2,1H3. The second-order valence-electron chi connectivity index (χ2n) is 5.85. The first-order chi connectivity index (χ1) is 10.2. The van der Waals surface area contributed by atoms with Gasteiger partial charge in [-0.15, -0.1) is 0 Å². The third kappa shape index (κ3) is 2.86. The first kappa shape index (κ1) is 14.3. The summed E-state index contributed by atoms with van der Waals surface area (Å²) in [6.45, 7) is 3.25. The van der Waals surface area contributed by atoms with Gasteiger partial charge in [0, 0.05) is 31.6 Å². The van der Waals surface area contributed by atoms with Crippen molar-refractivity contribution >= 4 is 17.4 Å². The molecular weight excluding hydrogens is 266 g/mol. The maximum atomic E-state index is 12.5. The van der Waals surface area contributed by atoms with Crippen molar-refractivity contribution in [1.29, 1.82) is 0 Å². The average molecular weight is 287 g/mol. The van der Waals surface area contributed by atoms with E-state index in [1.807, 2.05) is 31.2 Å². The number of ether oxygens (including phenoxy) is 1. The summed E-state index contributed by atoms with van der Waals surface area (Å²) in [6.07, 6.45) is 3.28. The number of carbonyl (C=O) groups is 2. The molecule has 1 aromatic carbocycles. The number of anilines is 1. The van der Waals surface area contributed by atoms with Crippen LogP contribution < -0.4 is 4.90 Å². The number of para-hydroxylation sites is 1. The molecule has 0 unspecified atom stereocenters. The summed E-state index contributed by atoms with van der Waals surface area (Å²) in [4.78, 5) is 26.2. The molecule has 1 heterocycles. The van der Waals surface area contributed by atoms with Crippen molar-refractivity contribution in [3.8, 4) is 0 Å². The molecule has 1 fully saturated rings. The zero-order chi connectivity index (χ0) is 14.8. The molecule has 0 atom stereocenters. The van der Waals surface area contributed by atoms with Gasteiger partial charge >= 0.3 is 0 Å². The lowest BCUT2D eigenvalue weighted by molar-refractivity contribution is -0.121. The molecule has 1 aliphatic carbocycles. The van der Waals surface area contributed by atoms with E-state index in [1.54, 1.807) is 4.90 Å². The van der Waals surface area contributed by atoms with Crippen molar-refractivity contribution in [1.82, 2.24) is 0 Å². The summed E-state index contributed by atoms with van der Waals surface area (Å²) in [6, 6.07) is 7.41. The Morgan fingerprint density at radius 2 is 2.10 bits per heavy atom. The van der Waals surface area contributed by atoms with Gasteiger partial charge in [-0.3, -0.25) is 9.59 Å². The van der Waals surface area contributed by atoms with Crippen LogP contribution in [0.25, 0.3) is 0 Å². The number of hydrogen-bond acceptors (Lipinski definition) is 3. The molecule has 0 N–H and O–H groups in total. The van der Waals surface area contributed by atoms with E-state index in [9.17, 15) is 9.59 Å². The molecule has 1 saturated carbocycles. The van der Waals surface area contributed by atoms with Crippen molar-refractivity contribution in [3.05, 3.63) is 29.8 Å². The SMILES string of the molecule is CCOC1CC(CC(=O)N2CCC(=O)c3ccccc32)C1. The van der Waals surface area contributed by atoms with Gasteiger partial charge in [-0.05, 0) is 37.8 Å². The van der Waals surface area contributed by atoms with Crippen LogP contribution in [0.4, 0.5) is 5.69 Å². The van der Waals surface area contributed by atoms with Crippen LogP contribution in [0, 0.1) is 5.92 Å². The Balaban J connectivity index is 1.64. The molecule has 0 bridgehead atoms. The van der Waals surface area contributed by atoms with E-state index in [0.29, 0.717) is 37.0 Å². The fourth-order valence-corrected chi connectivity index (χ4v) is 3.24. The van der Waals surface area contributed by atoms with Crippen molar-refractivity contribution in [2.24, 2.45) is 5.92 Å². The normalized spacial score (nSPS) is 24.4. The van der Waals surface area contributed by atoms with Crippen LogP contribution >= 0.6 is 0 Å². The van der Waals surface area contributed by atoms with Gasteiger partial charge in [0.2, 0.25) is 5.91 Å². The van der Waals surface area contributed by atoms with E-state index in [-0.39, 0.29) is 11.7 Å². The highest BCUT2D eigenvalue weighted by Gasteiger charge is 2.34. The van der Waals surface area contributed by atoms with Gasteiger partial charge in [-0.1, -0.05) is 12.1 Å². The lowest BCUT2D eigenvalue weighted by Gasteiger charge is -2.36. The van der Waals surface area contributed by atoms with Crippen molar-refractivity contribution in [3.63, 3.8) is 0 Å². The van der Waals surface area contributed by atoms with E-state index >= 15 is 0 Å². The molecule has 3 rings (SSSR count). The Kier molecular flexibility index (Phi) is 4.06. The predicted octanol–water partition coefficient (Wildman–Crippen LogP) is 2.81. The van der Waals surface area contributed by atoms with E-state index in [0.717, 1.165) is 25.1 Å². The number of hydrogen-bond donors (Lipinski definition) is 0. The van der Waals surface area contributed by atoms with Crippen LogP contribution in [0.15, 0.2) is 24.3 Å². The Morgan fingerprint density at radius 1 is 1.33 bits per heavy atom. The van der Waals surface area contributed by atoms with Crippen molar-refractivity contribution < 1.29 is 14.3 Å². The summed E-state index contributed by atoms with van der Waals surface area (Å²) in [7, 11) is 0. The van der Waals surface area contributed by atoms with E-state index in [1.165, 1.54) is 0 Å². The van der Waals surface area contributed by atoms with E-state index in [4.69, 9.17) is 4.74 Å².